The highest BCUT2D eigenvalue weighted by molar-refractivity contribution is 5.30. The Bertz CT molecular complexity index is 375. The van der Waals surface area contributed by atoms with Crippen LogP contribution in [-0.2, 0) is 0 Å². The number of alkyl halides is 2. The number of nitrogens with one attached hydrogen (secondary N) is 1. The van der Waals surface area contributed by atoms with Gasteiger partial charge in [0.25, 0.3) is 6.43 Å². The van der Waals surface area contributed by atoms with E-state index in [9.17, 15) is 8.78 Å². The fraction of sp³-hybridized carbons (Fsp3) is 0.800. The smallest absolute Gasteiger partial charge is 0.260 e. The van der Waals surface area contributed by atoms with Gasteiger partial charge in [-0.1, -0.05) is 13.8 Å². The molecule has 16 heavy (non-hydrogen) atoms. The van der Waals surface area contributed by atoms with E-state index in [1.54, 1.807) is 0 Å². The molecule has 6 heteroatoms. The molecule has 1 aromatic heterocycles. The van der Waals surface area contributed by atoms with E-state index in [4.69, 9.17) is 0 Å². The first-order valence-corrected chi connectivity index (χ1v) is 5.50. The zero-order valence-electron chi connectivity index (χ0n) is 9.61. The molecule has 0 radical (unpaired) electrons. The van der Waals surface area contributed by atoms with E-state index in [1.165, 1.54) is 4.68 Å². The molecule has 0 saturated carbocycles. The van der Waals surface area contributed by atoms with Gasteiger partial charge in [-0.15, -0.1) is 0 Å². The van der Waals surface area contributed by atoms with Crippen molar-refractivity contribution in [3.63, 3.8) is 0 Å². The van der Waals surface area contributed by atoms with Gasteiger partial charge in [-0.25, -0.2) is 13.5 Å². The second kappa shape index (κ2) is 3.99. The van der Waals surface area contributed by atoms with E-state index < -0.39 is 12.5 Å². The van der Waals surface area contributed by atoms with Crippen LogP contribution in [0.15, 0.2) is 0 Å². The molecule has 2 unspecified atom stereocenters. The molecule has 0 amide bonds. The number of fused-ring (bicyclic) bond motifs is 1. The lowest BCUT2D eigenvalue weighted by molar-refractivity contribution is 0.0664. The van der Waals surface area contributed by atoms with Crippen LogP contribution in [0.5, 0.6) is 0 Å². The molecule has 2 rings (SSSR count). The van der Waals surface area contributed by atoms with Gasteiger partial charge >= 0.3 is 0 Å². The predicted octanol–water partition coefficient (Wildman–Crippen LogP) is 2.41. The average molecular weight is 230 g/mol. The molecule has 0 aromatic carbocycles. The average Bonchev–Trinajstić information content (AvgIpc) is 2.59. The molecule has 1 N–H and O–H groups in total. The third-order valence-electron chi connectivity index (χ3n) is 2.74. The van der Waals surface area contributed by atoms with E-state index in [1.807, 2.05) is 20.8 Å². The van der Waals surface area contributed by atoms with Crippen molar-refractivity contribution in [3.05, 3.63) is 5.82 Å². The maximum Gasteiger partial charge on any atom is 0.260 e. The molecule has 0 bridgehead atoms. The van der Waals surface area contributed by atoms with Gasteiger partial charge in [0, 0.05) is 12.0 Å². The quantitative estimate of drug-likeness (QED) is 0.848. The zero-order chi connectivity index (χ0) is 11.9. The first-order chi connectivity index (χ1) is 7.49. The van der Waals surface area contributed by atoms with E-state index in [0.29, 0.717) is 18.2 Å². The third-order valence-corrected chi connectivity index (χ3v) is 2.74. The lowest BCUT2D eigenvalue weighted by Crippen LogP contribution is -2.33. The lowest BCUT2D eigenvalue weighted by Gasteiger charge is -2.28. The second-order valence-corrected chi connectivity index (χ2v) is 4.58. The maximum absolute atomic E-state index is 12.9. The molecule has 0 fully saturated rings. The van der Waals surface area contributed by atoms with Gasteiger partial charge in [0.15, 0.2) is 5.82 Å². The first-order valence-electron chi connectivity index (χ1n) is 5.50. The standard InChI is InChI=1S/C10H16F2N4/c1-5(2)9-14-10-13-6(3)4-7(8(11)12)16(10)15-9/h5-8H,4H2,1-3H3,(H,13,14,15). The molecule has 1 aliphatic heterocycles. The Hall–Kier alpha value is -1.20. The van der Waals surface area contributed by atoms with E-state index in [-0.39, 0.29) is 12.0 Å². The van der Waals surface area contributed by atoms with Crippen molar-refractivity contribution in [2.75, 3.05) is 5.32 Å². The van der Waals surface area contributed by atoms with Gasteiger partial charge < -0.3 is 5.32 Å². The Kier molecular flexibility index (Phi) is 2.82. The van der Waals surface area contributed by atoms with Gasteiger partial charge in [-0.2, -0.15) is 10.1 Å². The molecule has 0 saturated heterocycles. The Morgan fingerprint density at radius 1 is 1.44 bits per heavy atom. The summed E-state index contributed by atoms with van der Waals surface area (Å²) in [6.07, 6.45) is -2.02. The molecule has 1 aliphatic rings. The summed E-state index contributed by atoms with van der Waals surface area (Å²) < 4.78 is 27.1. The van der Waals surface area contributed by atoms with Crippen molar-refractivity contribution in [2.45, 2.75) is 51.6 Å². The molecule has 1 aromatic rings. The number of halogens is 2. The number of hydrogen-bond acceptors (Lipinski definition) is 3. The number of aromatic nitrogens is 3. The van der Waals surface area contributed by atoms with Gasteiger partial charge in [-0.05, 0) is 13.3 Å². The van der Waals surface area contributed by atoms with Crippen LogP contribution in [0.3, 0.4) is 0 Å². The molecule has 0 spiro atoms. The fourth-order valence-electron chi connectivity index (χ4n) is 1.87. The van der Waals surface area contributed by atoms with Crippen LogP contribution >= 0.6 is 0 Å². The summed E-state index contributed by atoms with van der Waals surface area (Å²) in [5.41, 5.74) is 0. The molecular formula is C10H16F2N4. The van der Waals surface area contributed by atoms with Crippen LogP contribution in [0.25, 0.3) is 0 Å². The summed E-state index contributed by atoms with van der Waals surface area (Å²) >= 11 is 0. The van der Waals surface area contributed by atoms with Crippen LogP contribution in [0.1, 0.15) is 45.0 Å². The molecule has 90 valence electrons. The van der Waals surface area contributed by atoms with Crippen LogP contribution in [0.4, 0.5) is 14.7 Å². The monoisotopic (exact) mass is 230 g/mol. The fourth-order valence-corrected chi connectivity index (χ4v) is 1.87. The van der Waals surface area contributed by atoms with Gasteiger partial charge in [0.05, 0.1) is 0 Å². The molecule has 2 atom stereocenters. The highest BCUT2D eigenvalue weighted by Crippen LogP contribution is 2.31. The Morgan fingerprint density at radius 3 is 2.69 bits per heavy atom. The third kappa shape index (κ3) is 1.88. The predicted molar refractivity (Wildman–Crippen MR) is 56.9 cm³/mol. The van der Waals surface area contributed by atoms with E-state index >= 15 is 0 Å². The summed E-state index contributed by atoms with van der Waals surface area (Å²) in [5.74, 6) is 1.23. The first kappa shape index (κ1) is 11.3. The van der Waals surface area contributed by atoms with Crippen LogP contribution in [0.2, 0.25) is 0 Å². The molecule has 0 aliphatic carbocycles. The van der Waals surface area contributed by atoms with Crippen molar-refractivity contribution in [2.24, 2.45) is 0 Å². The number of nitrogens with zero attached hydrogens (tertiary/aromatic N) is 3. The van der Waals surface area contributed by atoms with Crippen LogP contribution in [0, 0.1) is 0 Å². The van der Waals surface area contributed by atoms with E-state index in [0.717, 1.165) is 0 Å². The zero-order valence-corrected chi connectivity index (χ0v) is 9.61. The molecular weight excluding hydrogens is 214 g/mol. The van der Waals surface area contributed by atoms with Crippen LogP contribution < -0.4 is 5.32 Å². The van der Waals surface area contributed by atoms with Crippen molar-refractivity contribution in [1.82, 2.24) is 14.8 Å². The Balaban J connectivity index is 2.37. The SMILES string of the molecule is CC1CC(C(F)F)n2nc(C(C)C)nc2N1. The molecule has 2 heterocycles. The summed E-state index contributed by atoms with van der Waals surface area (Å²) in [5, 5.41) is 7.23. The minimum atomic E-state index is -2.40. The minimum absolute atomic E-state index is 0.00992. The second-order valence-electron chi connectivity index (χ2n) is 4.58. The van der Waals surface area contributed by atoms with E-state index in [2.05, 4.69) is 15.4 Å². The van der Waals surface area contributed by atoms with Gasteiger partial charge in [-0.3, -0.25) is 0 Å². The van der Waals surface area contributed by atoms with Gasteiger partial charge in [0.2, 0.25) is 5.95 Å². The Labute approximate surface area is 93.1 Å². The summed E-state index contributed by atoms with van der Waals surface area (Å²) in [4.78, 5) is 4.24. The highest BCUT2D eigenvalue weighted by atomic mass is 19.3. The number of rotatable bonds is 2. The largest absolute Gasteiger partial charge is 0.352 e. The topological polar surface area (TPSA) is 42.7 Å². The number of anilines is 1. The van der Waals surface area contributed by atoms with Crippen molar-refractivity contribution in [3.8, 4) is 0 Å². The maximum atomic E-state index is 12.9. The molecule has 4 nitrogen and oxygen atoms in total. The summed E-state index contributed by atoms with van der Waals surface area (Å²) in [6, 6.07) is -0.845. The summed E-state index contributed by atoms with van der Waals surface area (Å²) in [7, 11) is 0. The minimum Gasteiger partial charge on any atom is -0.352 e. The van der Waals surface area contributed by atoms with Crippen LogP contribution in [-0.4, -0.2) is 27.2 Å². The summed E-state index contributed by atoms with van der Waals surface area (Å²) in [6.45, 7) is 5.77. The van der Waals surface area contributed by atoms with Crippen molar-refractivity contribution < 1.29 is 8.78 Å². The highest BCUT2D eigenvalue weighted by Gasteiger charge is 2.33. The van der Waals surface area contributed by atoms with Gasteiger partial charge in [0.1, 0.15) is 6.04 Å². The number of hydrogen-bond donors (Lipinski definition) is 1. The lowest BCUT2D eigenvalue weighted by atomic mass is 10.1. The normalized spacial score (nSPS) is 24.7. The Morgan fingerprint density at radius 2 is 2.12 bits per heavy atom. The van der Waals surface area contributed by atoms with Crippen molar-refractivity contribution in [1.29, 1.82) is 0 Å². The van der Waals surface area contributed by atoms with Crippen molar-refractivity contribution >= 4 is 5.95 Å².